The van der Waals surface area contributed by atoms with Gasteiger partial charge in [0.15, 0.2) is 10.4 Å². The standard InChI is InChI=1S/C13H11BrClNO2S/c14-12-6-5-11(18-12)13(17)16-7-8-19-10-3-1-9(15)2-4-10/h1-6H,7-8H2,(H,16,17). The first-order valence-corrected chi connectivity index (χ1v) is 7.73. The first-order chi connectivity index (χ1) is 9.15. The molecule has 0 aliphatic heterocycles. The van der Waals surface area contributed by atoms with Crippen LogP contribution in [0.4, 0.5) is 0 Å². The molecule has 0 spiro atoms. The van der Waals surface area contributed by atoms with E-state index in [1.807, 2.05) is 24.3 Å². The summed E-state index contributed by atoms with van der Waals surface area (Å²) >= 11 is 10.6. The van der Waals surface area contributed by atoms with Crippen LogP contribution in [0.3, 0.4) is 0 Å². The summed E-state index contributed by atoms with van der Waals surface area (Å²) in [7, 11) is 0. The first kappa shape index (κ1) is 14.5. The van der Waals surface area contributed by atoms with Gasteiger partial charge in [-0.25, -0.2) is 0 Å². The molecule has 2 rings (SSSR count). The SMILES string of the molecule is O=C(NCCSc1ccc(Cl)cc1)c1ccc(Br)o1. The zero-order valence-corrected chi connectivity index (χ0v) is 13.0. The van der Waals surface area contributed by atoms with Crippen molar-refractivity contribution in [2.24, 2.45) is 0 Å². The van der Waals surface area contributed by atoms with Gasteiger partial charge in [-0.15, -0.1) is 11.8 Å². The monoisotopic (exact) mass is 359 g/mol. The van der Waals surface area contributed by atoms with Crippen LogP contribution in [0.15, 0.2) is 50.4 Å². The second kappa shape index (κ2) is 7.03. The maximum atomic E-state index is 11.7. The number of amides is 1. The summed E-state index contributed by atoms with van der Waals surface area (Å²) in [5.41, 5.74) is 0. The summed E-state index contributed by atoms with van der Waals surface area (Å²) < 4.78 is 5.71. The first-order valence-electron chi connectivity index (χ1n) is 5.57. The molecule has 6 heteroatoms. The molecule has 1 aromatic heterocycles. The predicted octanol–water partition coefficient (Wildman–Crippen LogP) is 4.22. The third kappa shape index (κ3) is 4.60. The van der Waals surface area contributed by atoms with Crippen molar-refractivity contribution in [1.29, 1.82) is 0 Å². The third-order valence-electron chi connectivity index (χ3n) is 2.27. The number of furan rings is 1. The molecule has 0 bridgehead atoms. The molecule has 0 unspecified atom stereocenters. The Morgan fingerprint density at radius 1 is 1.26 bits per heavy atom. The maximum absolute atomic E-state index is 11.7. The maximum Gasteiger partial charge on any atom is 0.287 e. The Balaban J connectivity index is 1.72. The van der Waals surface area contributed by atoms with Crippen LogP contribution in [0, 0.1) is 0 Å². The van der Waals surface area contributed by atoms with E-state index in [0.29, 0.717) is 17.0 Å². The van der Waals surface area contributed by atoms with Crippen molar-refractivity contribution < 1.29 is 9.21 Å². The Labute approximate surface area is 128 Å². The van der Waals surface area contributed by atoms with E-state index in [0.717, 1.165) is 15.7 Å². The third-order valence-corrected chi connectivity index (χ3v) is 3.96. The van der Waals surface area contributed by atoms with Gasteiger partial charge in [-0.2, -0.15) is 0 Å². The van der Waals surface area contributed by atoms with Crippen LogP contribution in [0.1, 0.15) is 10.6 Å². The minimum absolute atomic E-state index is 0.206. The normalized spacial score (nSPS) is 10.4. The van der Waals surface area contributed by atoms with Crippen molar-refractivity contribution in [1.82, 2.24) is 5.32 Å². The molecule has 0 saturated heterocycles. The Hall–Kier alpha value is -0.910. The lowest BCUT2D eigenvalue weighted by Gasteiger charge is -2.03. The van der Waals surface area contributed by atoms with Gasteiger partial charge in [-0.05, 0) is 52.3 Å². The van der Waals surface area contributed by atoms with E-state index in [1.165, 1.54) is 0 Å². The Kier molecular flexibility index (Phi) is 5.36. The van der Waals surface area contributed by atoms with Crippen molar-refractivity contribution in [3.63, 3.8) is 0 Å². The largest absolute Gasteiger partial charge is 0.444 e. The zero-order valence-electron chi connectivity index (χ0n) is 9.86. The molecule has 0 radical (unpaired) electrons. The number of carbonyl (C=O) groups excluding carboxylic acids is 1. The quantitative estimate of drug-likeness (QED) is 0.641. The minimum Gasteiger partial charge on any atom is -0.444 e. The van der Waals surface area contributed by atoms with Crippen molar-refractivity contribution in [2.75, 3.05) is 12.3 Å². The highest BCUT2D eigenvalue weighted by Crippen LogP contribution is 2.19. The van der Waals surface area contributed by atoms with E-state index in [4.69, 9.17) is 16.0 Å². The van der Waals surface area contributed by atoms with Gasteiger partial charge in [0, 0.05) is 22.2 Å². The molecule has 1 N–H and O–H groups in total. The van der Waals surface area contributed by atoms with Gasteiger partial charge in [0.25, 0.3) is 5.91 Å². The number of rotatable bonds is 5. The summed E-state index contributed by atoms with van der Waals surface area (Å²) in [5, 5.41) is 3.52. The minimum atomic E-state index is -0.206. The van der Waals surface area contributed by atoms with Crippen LogP contribution in [0.2, 0.25) is 5.02 Å². The molecule has 3 nitrogen and oxygen atoms in total. The highest BCUT2D eigenvalue weighted by Gasteiger charge is 2.09. The molecule has 1 amide bonds. The number of hydrogen-bond donors (Lipinski definition) is 1. The molecule has 0 atom stereocenters. The number of benzene rings is 1. The van der Waals surface area contributed by atoms with E-state index in [2.05, 4.69) is 21.2 Å². The zero-order chi connectivity index (χ0) is 13.7. The average molecular weight is 361 g/mol. The van der Waals surface area contributed by atoms with E-state index >= 15 is 0 Å². The van der Waals surface area contributed by atoms with Crippen LogP contribution >= 0.6 is 39.3 Å². The molecule has 1 aromatic carbocycles. The molecule has 0 fully saturated rings. The molecule has 0 aliphatic rings. The average Bonchev–Trinajstić information content (AvgIpc) is 2.83. The lowest BCUT2D eigenvalue weighted by atomic mass is 10.4. The van der Waals surface area contributed by atoms with Crippen molar-refractivity contribution in [2.45, 2.75) is 4.90 Å². The Morgan fingerprint density at radius 3 is 2.63 bits per heavy atom. The lowest BCUT2D eigenvalue weighted by Crippen LogP contribution is -2.25. The van der Waals surface area contributed by atoms with Crippen LogP contribution in [-0.4, -0.2) is 18.2 Å². The highest BCUT2D eigenvalue weighted by atomic mass is 79.9. The van der Waals surface area contributed by atoms with Gasteiger partial charge in [-0.3, -0.25) is 4.79 Å². The summed E-state index contributed by atoms with van der Waals surface area (Å²) in [5.74, 6) is 0.890. The molecule has 19 heavy (non-hydrogen) atoms. The van der Waals surface area contributed by atoms with Crippen molar-refractivity contribution in [3.8, 4) is 0 Å². The highest BCUT2D eigenvalue weighted by molar-refractivity contribution is 9.10. The fourth-order valence-corrected chi connectivity index (χ4v) is 2.59. The van der Waals surface area contributed by atoms with Crippen LogP contribution in [0.25, 0.3) is 0 Å². The lowest BCUT2D eigenvalue weighted by molar-refractivity contribution is 0.0927. The Morgan fingerprint density at radius 2 is 2.00 bits per heavy atom. The van der Waals surface area contributed by atoms with Crippen molar-refractivity contribution in [3.05, 3.63) is 51.9 Å². The second-order valence-electron chi connectivity index (χ2n) is 3.66. The molecular weight excluding hydrogens is 350 g/mol. The van der Waals surface area contributed by atoms with Gasteiger partial charge in [0.2, 0.25) is 0 Å². The number of nitrogens with one attached hydrogen (secondary N) is 1. The predicted molar refractivity (Wildman–Crippen MR) is 80.9 cm³/mol. The summed E-state index contributed by atoms with van der Waals surface area (Å²) in [6.45, 7) is 0.574. The molecular formula is C13H11BrClNO2S. The molecule has 0 saturated carbocycles. The summed E-state index contributed by atoms with van der Waals surface area (Å²) in [6.07, 6.45) is 0. The summed E-state index contributed by atoms with van der Waals surface area (Å²) in [4.78, 5) is 12.8. The molecule has 2 aromatic rings. The molecule has 0 aliphatic carbocycles. The van der Waals surface area contributed by atoms with Crippen LogP contribution in [0.5, 0.6) is 0 Å². The fourth-order valence-electron chi connectivity index (χ4n) is 1.39. The van der Waals surface area contributed by atoms with Gasteiger partial charge in [0.1, 0.15) is 0 Å². The van der Waals surface area contributed by atoms with Gasteiger partial charge in [0.05, 0.1) is 0 Å². The Bertz CT molecular complexity index is 556. The van der Waals surface area contributed by atoms with Crippen LogP contribution in [-0.2, 0) is 0 Å². The molecule has 1 heterocycles. The summed E-state index contributed by atoms with van der Waals surface area (Å²) in [6, 6.07) is 10.9. The van der Waals surface area contributed by atoms with Gasteiger partial charge >= 0.3 is 0 Å². The van der Waals surface area contributed by atoms with Crippen molar-refractivity contribution >= 4 is 45.2 Å². The van der Waals surface area contributed by atoms with Crippen LogP contribution < -0.4 is 5.32 Å². The number of halogens is 2. The van der Waals surface area contributed by atoms with Gasteiger partial charge < -0.3 is 9.73 Å². The second-order valence-corrected chi connectivity index (χ2v) is 6.05. The van der Waals surface area contributed by atoms with Gasteiger partial charge in [-0.1, -0.05) is 11.6 Å². The van der Waals surface area contributed by atoms with E-state index < -0.39 is 0 Å². The smallest absolute Gasteiger partial charge is 0.287 e. The van der Waals surface area contributed by atoms with E-state index in [1.54, 1.807) is 23.9 Å². The number of hydrogen-bond acceptors (Lipinski definition) is 3. The topological polar surface area (TPSA) is 42.2 Å². The number of carbonyl (C=O) groups is 1. The van der Waals surface area contributed by atoms with E-state index in [9.17, 15) is 4.79 Å². The molecule has 100 valence electrons. The van der Waals surface area contributed by atoms with E-state index in [-0.39, 0.29) is 5.91 Å². The fraction of sp³-hybridized carbons (Fsp3) is 0.154. The number of thioether (sulfide) groups is 1.